The zero-order chi connectivity index (χ0) is 40.5. The number of fused-ring (bicyclic) bond motifs is 12. The molecule has 292 valence electrons. The van der Waals surface area contributed by atoms with E-state index < -0.39 is 0 Å². The van der Waals surface area contributed by atoms with Gasteiger partial charge in [0, 0.05) is 55.7 Å². The van der Waals surface area contributed by atoms with Gasteiger partial charge in [-0.2, -0.15) is 0 Å². The van der Waals surface area contributed by atoms with Crippen LogP contribution in [0.3, 0.4) is 0 Å². The highest BCUT2D eigenvalue weighted by atomic mass is 15.3. The highest BCUT2D eigenvalue weighted by molar-refractivity contribution is 7.00. The molecule has 59 heavy (non-hydrogen) atoms. The Labute approximate surface area is 350 Å². The van der Waals surface area contributed by atoms with Gasteiger partial charge in [0.2, 0.25) is 0 Å². The molecule has 1 aromatic heterocycles. The molecule has 0 saturated heterocycles. The third-order valence-electron chi connectivity index (χ3n) is 16.1. The smallest absolute Gasteiger partial charge is 0.252 e. The normalized spacial score (nSPS) is 21.2. The summed E-state index contributed by atoms with van der Waals surface area (Å²) in [6.07, 6.45) is 4.92. The molecule has 6 aromatic carbocycles. The van der Waals surface area contributed by atoms with E-state index in [-0.39, 0.29) is 28.5 Å². The molecule has 4 heteroatoms. The fraction of sp³-hybridized carbons (Fsp3) is 0.309. The van der Waals surface area contributed by atoms with Gasteiger partial charge in [-0.15, -0.1) is 0 Å². The van der Waals surface area contributed by atoms with E-state index in [2.05, 4.69) is 192 Å². The summed E-state index contributed by atoms with van der Waals surface area (Å²) in [7, 11) is 0. The van der Waals surface area contributed by atoms with E-state index in [1.165, 1.54) is 126 Å². The first-order valence-electron chi connectivity index (χ1n) is 22.1. The van der Waals surface area contributed by atoms with Crippen LogP contribution < -0.4 is 26.2 Å². The standard InChI is InChI=1S/C55H54BN3/c1-33-19-10-14-25-43(33)57(44-26-15-11-20-34(44)2)36-31-45-48-46(32-36)59-51-40(54(8)27-16-17-28-55(54,59)9)23-18-24-41(51)56(48)42-30-35(52(3,4)5)29-38-47-50(58(45)49(38)42)37-21-12-13-22-39(37)53(47,6)7/h10-15,18-26,29-32H,16-17,27-28H2,1-9H3. The number of aryl methyl sites for hydroxylation is 2. The molecular weight excluding hydrogens is 713 g/mol. The third-order valence-corrected chi connectivity index (χ3v) is 16.1. The number of hydrogen-bond donors (Lipinski definition) is 0. The molecule has 2 atom stereocenters. The van der Waals surface area contributed by atoms with Crippen LogP contribution in [0.5, 0.6) is 0 Å². The van der Waals surface area contributed by atoms with Gasteiger partial charge in [0.15, 0.2) is 0 Å². The van der Waals surface area contributed by atoms with Crippen LogP contribution in [0.1, 0.15) is 108 Å². The number of para-hydroxylation sites is 3. The maximum atomic E-state index is 2.89. The monoisotopic (exact) mass is 767 g/mol. The minimum Gasteiger partial charge on any atom is -0.335 e. The quantitative estimate of drug-likeness (QED) is 0.166. The van der Waals surface area contributed by atoms with Gasteiger partial charge in [0.1, 0.15) is 0 Å². The van der Waals surface area contributed by atoms with E-state index in [0.29, 0.717) is 0 Å². The van der Waals surface area contributed by atoms with Crippen LogP contribution >= 0.6 is 0 Å². The minimum absolute atomic E-state index is 0.0148. The van der Waals surface area contributed by atoms with E-state index in [0.717, 1.165) is 0 Å². The van der Waals surface area contributed by atoms with Crippen LogP contribution in [0.15, 0.2) is 115 Å². The summed E-state index contributed by atoms with van der Waals surface area (Å²) in [5, 5.41) is 1.42. The molecule has 3 aliphatic heterocycles. The van der Waals surface area contributed by atoms with E-state index in [1.54, 1.807) is 5.56 Å². The highest BCUT2D eigenvalue weighted by Crippen LogP contribution is 2.62. The van der Waals surface area contributed by atoms with Crippen molar-refractivity contribution in [1.82, 2.24) is 4.57 Å². The van der Waals surface area contributed by atoms with Gasteiger partial charge in [-0.3, -0.25) is 0 Å². The second kappa shape index (κ2) is 11.4. The first kappa shape index (κ1) is 35.5. The van der Waals surface area contributed by atoms with E-state index in [1.807, 2.05) is 0 Å². The SMILES string of the molecule is Cc1ccccc1N(c1cc2c3c(c1)-n1c4c(c5cc(C(C)(C)C)cc(c51)B3c1cccc3c1N2C1(C)CCCCC31C)C(C)(C)c1ccccc1-4)c1ccccc1C. The second-order valence-corrected chi connectivity index (χ2v) is 20.6. The summed E-state index contributed by atoms with van der Waals surface area (Å²) in [6.45, 7) is 22.0. The molecule has 2 unspecified atom stereocenters. The van der Waals surface area contributed by atoms with Crippen LogP contribution in [0.25, 0.3) is 27.8 Å². The van der Waals surface area contributed by atoms with Gasteiger partial charge in [-0.25, -0.2) is 0 Å². The number of anilines is 5. The molecule has 4 heterocycles. The van der Waals surface area contributed by atoms with E-state index >= 15 is 0 Å². The Hall–Kier alpha value is -5.48. The van der Waals surface area contributed by atoms with Gasteiger partial charge >= 0.3 is 0 Å². The van der Waals surface area contributed by atoms with Gasteiger partial charge in [-0.05, 0) is 119 Å². The number of rotatable bonds is 3. The average Bonchev–Trinajstić information content (AvgIpc) is 3.76. The first-order chi connectivity index (χ1) is 28.3. The zero-order valence-electron chi connectivity index (χ0n) is 36.2. The zero-order valence-corrected chi connectivity index (χ0v) is 36.2. The van der Waals surface area contributed by atoms with Crippen LogP contribution in [0, 0.1) is 13.8 Å². The first-order valence-corrected chi connectivity index (χ1v) is 22.1. The van der Waals surface area contributed by atoms with Crippen molar-refractivity contribution in [2.24, 2.45) is 0 Å². The van der Waals surface area contributed by atoms with Crippen molar-refractivity contribution in [3.05, 3.63) is 149 Å². The Balaban J connectivity index is 1.29. The molecule has 2 aliphatic carbocycles. The van der Waals surface area contributed by atoms with Crippen molar-refractivity contribution in [2.45, 2.75) is 110 Å². The summed E-state index contributed by atoms with van der Waals surface area (Å²) >= 11 is 0. The Bertz CT molecular complexity index is 2950. The maximum Gasteiger partial charge on any atom is 0.252 e. The van der Waals surface area contributed by atoms with Gasteiger partial charge in [0.05, 0.1) is 16.9 Å². The Morgan fingerprint density at radius 2 is 1.31 bits per heavy atom. The number of aromatic nitrogens is 1. The van der Waals surface area contributed by atoms with E-state index in [9.17, 15) is 0 Å². The molecule has 3 nitrogen and oxygen atoms in total. The predicted octanol–water partition coefficient (Wildman–Crippen LogP) is 12.2. The third kappa shape index (κ3) is 4.25. The lowest BCUT2D eigenvalue weighted by Gasteiger charge is -2.52. The summed E-state index contributed by atoms with van der Waals surface area (Å²) in [6, 6.07) is 44.9. The Morgan fingerprint density at radius 3 is 2.02 bits per heavy atom. The summed E-state index contributed by atoms with van der Waals surface area (Å²) < 4.78 is 2.75. The highest BCUT2D eigenvalue weighted by Gasteiger charge is 2.61. The lowest BCUT2D eigenvalue weighted by Crippen LogP contribution is -2.64. The summed E-state index contributed by atoms with van der Waals surface area (Å²) in [4.78, 5) is 5.45. The fourth-order valence-electron chi connectivity index (χ4n) is 12.9. The van der Waals surface area contributed by atoms with Crippen LogP contribution in [-0.4, -0.2) is 16.8 Å². The Kier molecular flexibility index (Phi) is 6.86. The van der Waals surface area contributed by atoms with Crippen molar-refractivity contribution in [1.29, 1.82) is 0 Å². The van der Waals surface area contributed by atoms with Crippen LogP contribution in [-0.2, 0) is 16.2 Å². The largest absolute Gasteiger partial charge is 0.335 e. The summed E-state index contributed by atoms with van der Waals surface area (Å²) in [5.74, 6) is 0. The molecule has 1 fully saturated rings. The molecule has 0 N–H and O–H groups in total. The predicted molar refractivity (Wildman–Crippen MR) is 251 cm³/mol. The molecule has 0 bridgehead atoms. The lowest BCUT2D eigenvalue weighted by atomic mass is 9.33. The maximum absolute atomic E-state index is 2.89. The molecule has 5 aliphatic rings. The van der Waals surface area contributed by atoms with Crippen molar-refractivity contribution >= 4 is 62.4 Å². The molecule has 0 spiro atoms. The van der Waals surface area contributed by atoms with Crippen molar-refractivity contribution < 1.29 is 0 Å². The topological polar surface area (TPSA) is 11.4 Å². The number of hydrogen-bond acceptors (Lipinski definition) is 2. The van der Waals surface area contributed by atoms with Crippen LogP contribution in [0.2, 0.25) is 0 Å². The van der Waals surface area contributed by atoms with Gasteiger partial charge in [0.25, 0.3) is 6.71 Å². The number of benzene rings is 6. The molecular formula is C55H54BN3. The van der Waals surface area contributed by atoms with E-state index in [4.69, 9.17) is 0 Å². The minimum atomic E-state index is -0.155. The Morgan fingerprint density at radius 1 is 0.661 bits per heavy atom. The molecule has 0 radical (unpaired) electrons. The summed E-state index contributed by atoms with van der Waals surface area (Å²) in [5.41, 5.74) is 24.6. The second-order valence-electron chi connectivity index (χ2n) is 20.6. The van der Waals surface area contributed by atoms with Gasteiger partial charge < -0.3 is 14.4 Å². The average molecular weight is 768 g/mol. The molecule has 7 aromatic rings. The molecule has 12 rings (SSSR count). The van der Waals surface area contributed by atoms with Gasteiger partial charge in [-0.1, -0.05) is 139 Å². The molecule has 1 saturated carbocycles. The van der Waals surface area contributed by atoms with Crippen molar-refractivity contribution in [2.75, 3.05) is 9.80 Å². The lowest BCUT2D eigenvalue weighted by molar-refractivity contribution is 0.195. The fourth-order valence-corrected chi connectivity index (χ4v) is 12.9. The van der Waals surface area contributed by atoms with Crippen LogP contribution in [0.4, 0.5) is 28.4 Å². The molecule has 0 amide bonds. The van der Waals surface area contributed by atoms with Crippen molar-refractivity contribution in [3.8, 4) is 16.9 Å². The van der Waals surface area contributed by atoms with Crippen molar-refractivity contribution in [3.63, 3.8) is 0 Å². The number of nitrogens with zero attached hydrogens (tertiary/aromatic N) is 3.